The van der Waals surface area contributed by atoms with Crippen LogP contribution in [0.3, 0.4) is 0 Å². The molecule has 0 radical (unpaired) electrons. The van der Waals surface area contributed by atoms with Crippen molar-refractivity contribution in [1.82, 2.24) is 5.32 Å². The largest absolute Gasteiger partial charge is 0.384 e. The Balaban J connectivity index is 2.39. The molecule has 2 nitrogen and oxygen atoms in total. The fraction of sp³-hybridized carbons (Fsp3) is 1.00. The lowest BCUT2D eigenvalue weighted by molar-refractivity contribution is 0.0886. The highest BCUT2D eigenvalue weighted by molar-refractivity contribution is 4.80. The molecule has 3 atom stereocenters. The maximum Gasteiger partial charge on any atom is 0.0490 e. The average Bonchev–Trinajstić information content (AvgIpc) is 2.19. The Morgan fingerprint density at radius 2 is 2.07 bits per heavy atom. The summed E-state index contributed by atoms with van der Waals surface area (Å²) in [5.74, 6) is 2.62. The minimum absolute atomic E-state index is 0.807. The van der Waals surface area contributed by atoms with Crippen LogP contribution in [0.5, 0.6) is 0 Å². The molecule has 1 rings (SSSR count). The molecule has 0 aliphatic heterocycles. The predicted octanol–water partition coefficient (Wildman–Crippen LogP) is 2.29. The topological polar surface area (TPSA) is 21.3 Å². The van der Waals surface area contributed by atoms with Gasteiger partial charge < -0.3 is 10.1 Å². The van der Waals surface area contributed by atoms with Crippen molar-refractivity contribution in [2.75, 3.05) is 27.3 Å². The number of hydrogen-bond donors (Lipinski definition) is 1. The van der Waals surface area contributed by atoms with E-state index in [0.29, 0.717) is 0 Å². The predicted molar refractivity (Wildman–Crippen MR) is 60.4 cm³/mol. The van der Waals surface area contributed by atoms with Gasteiger partial charge in [0.05, 0.1) is 0 Å². The number of hydrogen-bond acceptors (Lipinski definition) is 2. The van der Waals surface area contributed by atoms with Crippen molar-refractivity contribution in [3.8, 4) is 0 Å². The molecule has 0 saturated heterocycles. The van der Waals surface area contributed by atoms with Gasteiger partial charge in [-0.25, -0.2) is 0 Å². The van der Waals surface area contributed by atoms with Gasteiger partial charge in [-0.2, -0.15) is 0 Å². The lowest BCUT2D eigenvalue weighted by atomic mass is 9.73. The minimum Gasteiger partial charge on any atom is -0.384 e. The highest BCUT2D eigenvalue weighted by atomic mass is 16.5. The van der Waals surface area contributed by atoms with Gasteiger partial charge in [0.15, 0.2) is 0 Å². The normalized spacial score (nSPS) is 33.2. The van der Waals surface area contributed by atoms with E-state index in [0.717, 1.165) is 24.4 Å². The first-order valence-corrected chi connectivity index (χ1v) is 5.95. The van der Waals surface area contributed by atoms with Gasteiger partial charge in [-0.1, -0.05) is 13.3 Å². The zero-order valence-corrected chi connectivity index (χ0v) is 9.88. The number of methoxy groups -OCH3 is 1. The molecule has 1 saturated carbocycles. The molecule has 1 fully saturated rings. The molecule has 84 valence electrons. The third-order valence-corrected chi connectivity index (χ3v) is 3.64. The number of nitrogens with one attached hydrogen (secondary N) is 1. The van der Waals surface area contributed by atoms with E-state index in [1.165, 1.54) is 32.2 Å². The summed E-state index contributed by atoms with van der Waals surface area (Å²) < 4.78 is 5.26. The Kier molecular flexibility index (Phi) is 5.49. The Hall–Kier alpha value is -0.0800. The van der Waals surface area contributed by atoms with Gasteiger partial charge in [-0.05, 0) is 50.6 Å². The van der Waals surface area contributed by atoms with Crippen LogP contribution in [0.2, 0.25) is 0 Å². The van der Waals surface area contributed by atoms with E-state index in [2.05, 4.69) is 19.3 Å². The first-order chi connectivity index (χ1) is 6.81. The molecule has 0 spiro atoms. The van der Waals surface area contributed by atoms with E-state index in [9.17, 15) is 0 Å². The van der Waals surface area contributed by atoms with Crippen molar-refractivity contribution >= 4 is 0 Å². The smallest absolute Gasteiger partial charge is 0.0490 e. The Bertz CT molecular complexity index is 149. The summed E-state index contributed by atoms with van der Waals surface area (Å²) in [7, 11) is 3.88. The van der Waals surface area contributed by atoms with Crippen LogP contribution >= 0.6 is 0 Å². The van der Waals surface area contributed by atoms with Crippen molar-refractivity contribution in [2.24, 2.45) is 17.8 Å². The molecule has 14 heavy (non-hydrogen) atoms. The molecule has 0 aromatic rings. The summed E-state index contributed by atoms with van der Waals surface area (Å²) in [4.78, 5) is 0. The van der Waals surface area contributed by atoms with Crippen LogP contribution in [-0.4, -0.2) is 27.3 Å². The summed E-state index contributed by atoms with van der Waals surface area (Å²) in [6.07, 6.45) is 5.46. The van der Waals surface area contributed by atoms with E-state index >= 15 is 0 Å². The molecule has 0 amide bonds. The Labute approximate surface area is 88.4 Å². The zero-order valence-electron chi connectivity index (χ0n) is 9.88. The van der Waals surface area contributed by atoms with E-state index < -0.39 is 0 Å². The van der Waals surface area contributed by atoms with Crippen LogP contribution in [0.15, 0.2) is 0 Å². The summed E-state index contributed by atoms with van der Waals surface area (Å²) in [6, 6.07) is 0. The first-order valence-electron chi connectivity index (χ1n) is 5.95. The molecule has 0 aromatic heterocycles. The van der Waals surface area contributed by atoms with Crippen LogP contribution in [0, 0.1) is 17.8 Å². The second kappa shape index (κ2) is 6.41. The SMILES string of the molecule is CCC1CCC(COC)CC1CNC. The third kappa shape index (κ3) is 3.25. The van der Waals surface area contributed by atoms with E-state index in [1.807, 2.05) is 7.11 Å². The fourth-order valence-corrected chi connectivity index (χ4v) is 2.86. The van der Waals surface area contributed by atoms with Crippen molar-refractivity contribution < 1.29 is 4.74 Å². The van der Waals surface area contributed by atoms with Gasteiger partial charge in [0, 0.05) is 13.7 Å². The monoisotopic (exact) mass is 199 g/mol. The summed E-state index contributed by atoms with van der Waals surface area (Å²) in [5.41, 5.74) is 0. The highest BCUT2D eigenvalue weighted by Gasteiger charge is 2.28. The van der Waals surface area contributed by atoms with Gasteiger partial charge in [0.25, 0.3) is 0 Å². The molecular weight excluding hydrogens is 174 g/mol. The molecular formula is C12H25NO. The van der Waals surface area contributed by atoms with Crippen molar-refractivity contribution in [3.05, 3.63) is 0 Å². The van der Waals surface area contributed by atoms with Crippen LogP contribution in [0.4, 0.5) is 0 Å². The third-order valence-electron chi connectivity index (χ3n) is 3.64. The summed E-state index contributed by atoms with van der Waals surface area (Å²) in [5, 5.41) is 3.32. The molecule has 0 heterocycles. The van der Waals surface area contributed by atoms with Crippen LogP contribution < -0.4 is 5.32 Å². The maximum absolute atomic E-state index is 5.26. The van der Waals surface area contributed by atoms with Gasteiger partial charge in [0.1, 0.15) is 0 Å². The Morgan fingerprint density at radius 3 is 2.64 bits per heavy atom. The van der Waals surface area contributed by atoms with E-state index in [1.54, 1.807) is 0 Å². The fourth-order valence-electron chi connectivity index (χ4n) is 2.86. The van der Waals surface area contributed by atoms with E-state index in [4.69, 9.17) is 4.74 Å². The lowest BCUT2D eigenvalue weighted by Gasteiger charge is -2.35. The second-order valence-corrected chi connectivity index (χ2v) is 4.62. The van der Waals surface area contributed by atoms with Crippen molar-refractivity contribution in [2.45, 2.75) is 32.6 Å². The van der Waals surface area contributed by atoms with Gasteiger partial charge in [-0.3, -0.25) is 0 Å². The Morgan fingerprint density at radius 1 is 1.29 bits per heavy atom. The molecule has 1 N–H and O–H groups in total. The molecule has 1 aliphatic rings. The lowest BCUT2D eigenvalue weighted by Crippen LogP contribution is -2.33. The molecule has 2 heteroatoms. The maximum atomic E-state index is 5.26. The standard InChI is InChI=1S/C12H25NO/c1-4-11-6-5-10(9-14-3)7-12(11)8-13-2/h10-13H,4-9H2,1-3H3. The van der Waals surface area contributed by atoms with Gasteiger partial charge in [-0.15, -0.1) is 0 Å². The first kappa shape index (κ1) is 12.0. The molecule has 0 aromatic carbocycles. The average molecular weight is 199 g/mol. The van der Waals surface area contributed by atoms with Crippen LogP contribution in [0.25, 0.3) is 0 Å². The van der Waals surface area contributed by atoms with Crippen LogP contribution in [-0.2, 0) is 4.74 Å². The molecule has 1 aliphatic carbocycles. The van der Waals surface area contributed by atoms with Crippen molar-refractivity contribution in [1.29, 1.82) is 0 Å². The number of ether oxygens (including phenoxy) is 1. The molecule has 3 unspecified atom stereocenters. The second-order valence-electron chi connectivity index (χ2n) is 4.62. The van der Waals surface area contributed by atoms with Gasteiger partial charge in [0.2, 0.25) is 0 Å². The summed E-state index contributed by atoms with van der Waals surface area (Å²) >= 11 is 0. The highest BCUT2D eigenvalue weighted by Crippen LogP contribution is 2.35. The van der Waals surface area contributed by atoms with Gasteiger partial charge >= 0.3 is 0 Å². The van der Waals surface area contributed by atoms with E-state index in [-0.39, 0.29) is 0 Å². The zero-order chi connectivity index (χ0) is 10.4. The minimum atomic E-state index is 0.807. The van der Waals surface area contributed by atoms with Crippen LogP contribution in [0.1, 0.15) is 32.6 Å². The summed E-state index contributed by atoms with van der Waals surface area (Å²) in [6.45, 7) is 4.46. The number of rotatable bonds is 5. The van der Waals surface area contributed by atoms with Crippen molar-refractivity contribution in [3.63, 3.8) is 0 Å². The molecule has 0 bridgehead atoms. The quantitative estimate of drug-likeness (QED) is 0.733.